The molecule has 1 aromatic rings. The van der Waals surface area contributed by atoms with Crippen LogP contribution in [0.5, 0.6) is 0 Å². The van der Waals surface area contributed by atoms with Gasteiger partial charge in [0, 0.05) is 6.04 Å². The minimum atomic E-state index is -0.663. The molecule has 6 nitrogen and oxygen atoms in total. The summed E-state index contributed by atoms with van der Waals surface area (Å²) < 4.78 is 11.1. The van der Waals surface area contributed by atoms with Crippen molar-refractivity contribution in [3.05, 3.63) is 35.9 Å². The summed E-state index contributed by atoms with van der Waals surface area (Å²) in [4.78, 5) is 27.1. The molecule has 1 N–H and O–H groups in total. The van der Waals surface area contributed by atoms with Gasteiger partial charge in [0.05, 0.1) is 6.10 Å². The van der Waals surface area contributed by atoms with E-state index in [9.17, 15) is 14.7 Å². The van der Waals surface area contributed by atoms with Crippen molar-refractivity contribution in [2.75, 3.05) is 0 Å². The number of hydrogen-bond donors (Lipinski definition) is 1. The summed E-state index contributed by atoms with van der Waals surface area (Å²) in [5.74, 6) is -0.219. The highest BCUT2D eigenvalue weighted by molar-refractivity contribution is 5.82. The molecule has 2 fully saturated rings. The fourth-order valence-corrected chi connectivity index (χ4v) is 4.05. The van der Waals surface area contributed by atoms with Gasteiger partial charge >= 0.3 is 12.1 Å². The van der Waals surface area contributed by atoms with Crippen LogP contribution in [-0.2, 0) is 20.9 Å². The van der Waals surface area contributed by atoms with Crippen LogP contribution in [0.3, 0.4) is 0 Å². The number of hydrogen-bond acceptors (Lipinski definition) is 5. The van der Waals surface area contributed by atoms with Crippen molar-refractivity contribution in [3.8, 4) is 0 Å². The van der Waals surface area contributed by atoms with E-state index in [1.54, 1.807) is 20.8 Å². The fraction of sp³-hybridized carbons (Fsp3) is 0.619. The monoisotopic (exact) mass is 375 g/mol. The van der Waals surface area contributed by atoms with Crippen LogP contribution in [0.15, 0.2) is 30.3 Å². The topological polar surface area (TPSA) is 76.1 Å². The van der Waals surface area contributed by atoms with Gasteiger partial charge in [-0.2, -0.15) is 0 Å². The van der Waals surface area contributed by atoms with Crippen LogP contribution in [0.1, 0.15) is 52.0 Å². The van der Waals surface area contributed by atoms with E-state index in [0.717, 1.165) is 12.0 Å². The number of ether oxygens (including phenoxy) is 2. The van der Waals surface area contributed by atoms with Crippen molar-refractivity contribution >= 4 is 12.1 Å². The molecule has 1 saturated heterocycles. The first kappa shape index (κ1) is 19.7. The zero-order valence-electron chi connectivity index (χ0n) is 16.3. The third kappa shape index (κ3) is 4.80. The Labute approximate surface area is 160 Å². The van der Waals surface area contributed by atoms with E-state index < -0.39 is 29.8 Å². The average molecular weight is 375 g/mol. The van der Waals surface area contributed by atoms with Gasteiger partial charge in [0.1, 0.15) is 18.2 Å². The average Bonchev–Trinajstić information content (AvgIpc) is 2.98. The molecule has 27 heavy (non-hydrogen) atoms. The summed E-state index contributed by atoms with van der Waals surface area (Å²) >= 11 is 0. The van der Waals surface area contributed by atoms with Crippen molar-refractivity contribution in [2.45, 2.75) is 76.9 Å². The molecule has 3 rings (SSSR count). The predicted octanol–water partition coefficient (Wildman–Crippen LogP) is 3.27. The molecule has 6 heteroatoms. The molecular weight excluding hydrogens is 346 g/mol. The lowest BCUT2D eigenvalue weighted by atomic mass is 9.83. The van der Waals surface area contributed by atoms with E-state index in [-0.39, 0.29) is 18.6 Å². The lowest BCUT2D eigenvalue weighted by Crippen LogP contribution is -2.49. The van der Waals surface area contributed by atoms with Gasteiger partial charge in [-0.05, 0) is 57.9 Å². The molecule has 0 radical (unpaired) electrons. The lowest BCUT2D eigenvalue weighted by molar-refractivity contribution is -0.150. The highest BCUT2D eigenvalue weighted by atomic mass is 16.6. The highest BCUT2D eigenvalue weighted by Crippen LogP contribution is 2.41. The van der Waals surface area contributed by atoms with Crippen molar-refractivity contribution in [1.82, 2.24) is 4.90 Å². The molecule has 1 heterocycles. The van der Waals surface area contributed by atoms with E-state index in [1.165, 1.54) is 4.90 Å². The standard InChI is InChI=1S/C21H29NO5/c1-21(2,3)27-20(25)22-17-12-16(23)10-9-15(17)11-18(22)19(24)26-13-14-7-5-4-6-8-14/h4-8,15-18,23H,9-13H2,1-3H3/t15-,16+,17-,18-/m0/s1. The molecule has 1 aliphatic carbocycles. The van der Waals surface area contributed by atoms with E-state index in [1.807, 2.05) is 30.3 Å². The van der Waals surface area contributed by atoms with Crippen molar-refractivity contribution in [2.24, 2.45) is 5.92 Å². The van der Waals surface area contributed by atoms with E-state index in [4.69, 9.17) is 9.47 Å². The van der Waals surface area contributed by atoms with Crippen LogP contribution in [0.25, 0.3) is 0 Å². The number of carbonyl (C=O) groups is 2. The fourth-order valence-electron chi connectivity index (χ4n) is 4.05. The minimum absolute atomic E-state index is 0.177. The summed E-state index contributed by atoms with van der Waals surface area (Å²) in [6.45, 7) is 5.58. The Balaban J connectivity index is 1.74. The van der Waals surface area contributed by atoms with Crippen LogP contribution in [0.4, 0.5) is 4.79 Å². The first-order valence-electron chi connectivity index (χ1n) is 9.64. The zero-order valence-corrected chi connectivity index (χ0v) is 16.3. The number of esters is 1. The molecule has 0 bridgehead atoms. The Morgan fingerprint density at radius 1 is 1.15 bits per heavy atom. The highest BCUT2D eigenvalue weighted by Gasteiger charge is 2.50. The smallest absolute Gasteiger partial charge is 0.411 e. The second-order valence-corrected chi connectivity index (χ2v) is 8.53. The zero-order chi connectivity index (χ0) is 19.6. The number of rotatable bonds is 3. The molecule has 4 atom stereocenters. The Bertz CT molecular complexity index is 669. The number of carbonyl (C=O) groups excluding carboxylic acids is 2. The lowest BCUT2D eigenvalue weighted by Gasteiger charge is -2.36. The van der Waals surface area contributed by atoms with Gasteiger partial charge < -0.3 is 14.6 Å². The predicted molar refractivity (Wildman–Crippen MR) is 99.9 cm³/mol. The molecule has 1 saturated carbocycles. The molecule has 1 aromatic carbocycles. The summed E-state index contributed by atoms with van der Waals surface area (Å²) in [6, 6.07) is 8.63. The number of benzene rings is 1. The van der Waals surface area contributed by atoms with E-state index in [2.05, 4.69) is 0 Å². The van der Waals surface area contributed by atoms with Crippen molar-refractivity contribution in [3.63, 3.8) is 0 Å². The number of nitrogens with zero attached hydrogens (tertiary/aromatic N) is 1. The second kappa shape index (κ2) is 7.89. The molecule has 2 aliphatic rings. The molecule has 148 valence electrons. The van der Waals surface area contributed by atoms with Crippen LogP contribution >= 0.6 is 0 Å². The van der Waals surface area contributed by atoms with Gasteiger partial charge in [-0.1, -0.05) is 30.3 Å². The summed E-state index contributed by atoms with van der Waals surface area (Å²) in [7, 11) is 0. The number of fused-ring (bicyclic) bond motifs is 1. The quantitative estimate of drug-likeness (QED) is 0.821. The third-order valence-corrected chi connectivity index (χ3v) is 5.25. The van der Waals surface area contributed by atoms with Crippen LogP contribution in [-0.4, -0.2) is 45.9 Å². The molecule has 1 aliphatic heterocycles. The van der Waals surface area contributed by atoms with Gasteiger partial charge in [-0.25, -0.2) is 9.59 Å². The van der Waals surface area contributed by atoms with Crippen LogP contribution in [0.2, 0.25) is 0 Å². The van der Waals surface area contributed by atoms with Gasteiger partial charge in [-0.3, -0.25) is 4.90 Å². The van der Waals surface area contributed by atoms with E-state index >= 15 is 0 Å². The number of aliphatic hydroxyl groups is 1. The van der Waals surface area contributed by atoms with Gasteiger partial charge in [0.15, 0.2) is 0 Å². The molecule has 0 spiro atoms. The molecule has 0 aromatic heterocycles. The summed E-state index contributed by atoms with van der Waals surface area (Å²) in [6.07, 6.45) is 1.58. The van der Waals surface area contributed by atoms with Gasteiger partial charge in [0.2, 0.25) is 0 Å². The first-order chi connectivity index (χ1) is 12.7. The Morgan fingerprint density at radius 3 is 2.52 bits per heavy atom. The number of aliphatic hydroxyl groups excluding tert-OH is 1. The molecular formula is C21H29NO5. The Morgan fingerprint density at radius 2 is 1.85 bits per heavy atom. The largest absolute Gasteiger partial charge is 0.459 e. The van der Waals surface area contributed by atoms with Crippen molar-refractivity contribution < 1.29 is 24.2 Å². The van der Waals surface area contributed by atoms with E-state index in [0.29, 0.717) is 19.3 Å². The molecule has 0 unspecified atom stereocenters. The Kier molecular flexibility index (Phi) is 5.75. The van der Waals surface area contributed by atoms with Crippen LogP contribution in [0, 0.1) is 5.92 Å². The first-order valence-corrected chi connectivity index (χ1v) is 9.64. The molecule has 1 amide bonds. The number of likely N-dealkylation sites (tertiary alicyclic amines) is 1. The normalized spacial score (nSPS) is 27.8. The number of amides is 1. The Hall–Kier alpha value is -2.08. The van der Waals surface area contributed by atoms with Crippen molar-refractivity contribution in [1.29, 1.82) is 0 Å². The maximum atomic E-state index is 12.8. The van der Waals surface area contributed by atoms with Crippen LogP contribution < -0.4 is 0 Å². The second-order valence-electron chi connectivity index (χ2n) is 8.53. The minimum Gasteiger partial charge on any atom is -0.459 e. The summed E-state index contributed by atoms with van der Waals surface area (Å²) in [5, 5.41) is 10.1. The SMILES string of the molecule is CC(C)(C)OC(=O)N1[C@H](C(=O)OCc2ccccc2)C[C@@H]2CC[C@@H](O)C[C@@H]21. The maximum Gasteiger partial charge on any atom is 0.411 e. The third-order valence-electron chi connectivity index (χ3n) is 5.25. The summed E-state index contributed by atoms with van der Waals surface area (Å²) in [5.41, 5.74) is 0.251. The van der Waals surface area contributed by atoms with Gasteiger partial charge in [-0.15, -0.1) is 0 Å². The van der Waals surface area contributed by atoms with Gasteiger partial charge in [0.25, 0.3) is 0 Å². The maximum absolute atomic E-state index is 12.8.